The second-order valence-corrected chi connectivity index (χ2v) is 2.93. The molecule has 0 atom stereocenters. The molecule has 0 unspecified atom stereocenters. The molecule has 0 aliphatic carbocycles. The highest BCUT2D eigenvalue weighted by Gasteiger charge is 1.97. The second-order valence-electron chi connectivity index (χ2n) is 2.93. The van der Waals surface area contributed by atoms with Crippen LogP contribution in [0.2, 0.25) is 0 Å². The Hall–Kier alpha value is -1.51. The van der Waals surface area contributed by atoms with Crippen molar-refractivity contribution in [3.8, 4) is 0 Å². The first kappa shape index (κ1) is 12.5. The molecule has 0 saturated heterocycles. The highest BCUT2D eigenvalue weighted by atomic mass is 16.4. The Bertz CT molecular complexity index is 264. The molecule has 0 spiro atoms. The molecule has 0 aliphatic rings. The summed E-state index contributed by atoms with van der Waals surface area (Å²) in [5, 5.41) is 8.48. The molecule has 78 valence electrons. The van der Waals surface area contributed by atoms with Crippen LogP contribution in [0.5, 0.6) is 0 Å². The molecule has 3 heteroatoms. The number of aliphatic carboxylic acids is 1. The summed E-state index contributed by atoms with van der Waals surface area (Å²) in [7, 11) is 0. The molecule has 0 bridgehead atoms. The van der Waals surface area contributed by atoms with Gasteiger partial charge in [0, 0.05) is 12.1 Å². The molecule has 0 heterocycles. The molecule has 0 rings (SSSR count). The van der Waals surface area contributed by atoms with E-state index in [4.69, 9.17) is 10.8 Å². The Morgan fingerprint density at radius 3 is 2.50 bits per heavy atom. The summed E-state index contributed by atoms with van der Waals surface area (Å²) in [4.78, 5) is 10.3. The van der Waals surface area contributed by atoms with Crippen molar-refractivity contribution in [2.75, 3.05) is 0 Å². The normalized spacial score (nSPS) is 12.6. The van der Waals surface area contributed by atoms with E-state index in [1.54, 1.807) is 12.2 Å². The van der Waals surface area contributed by atoms with E-state index >= 15 is 0 Å². The molecule has 0 aromatic carbocycles. The van der Waals surface area contributed by atoms with Crippen LogP contribution in [0.1, 0.15) is 26.2 Å². The van der Waals surface area contributed by atoms with Crippen molar-refractivity contribution in [1.82, 2.24) is 0 Å². The molecule has 0 aliphatic heterocycles. The highest BCUT2D eigenvalue weighted by molar-refractivity contribution is 5.67. The number of allylic oxidation sites excluding steroid dienone is 5. The molecular weight excluding hydrogens is 178 g/mol. The van der Waals surface area contributed by atoms with Crippen LogP contribution < -0.4 is 5.73 Å². The zero-order chi connectivity index (χ0) is 11.0. The van der Waals surface area contributed by atoms with Gasteiger partial charge in [0.05, 0.1) is 0 Å². The molecule has 3 N–H and O–H groups in total. The summed E-state index contributed by atoms with van der Waals surface area (Å²) in [6.07, 6.45) is 6.67. The van der Waals surface area contributed by atoms with Gasteiger partial charge in [-0.15, -0.1) is 0 Å². The Labute approximate surface area is 84.6 Å². The number of carbonyl (C=O) groups is 1. The average Bonchev–Trinajstić information content (AvgIpc) is 2.17. The fourth-order valence-electron chi connectivity index (χ4n) is 0.837. The molecule has 3 nitrogen and oxygen atoms in total. The van der Waals surface area contributed by atoms with E-state index in [1.807, 2.05) is 13.0 Å². The summed E-state index contributed by atoms with van der Waals surface area (Å²) < 4.78 is 0. The van der Waals surface area contributed by atoms with Crippen molar-refractivity contribution in [1.29, 1.82) is 0 Å². The standard InChI is InChI=1S/C11H17NO2/c1-3-9(6-8-11(13)14)5-7-10(12)4-2/h3,5,7H,1,4,6,8,12H2,2H3,(H,13,14)/b9-5+,10-7+. The fraction of sp³-hybridized carbons (Fsp3) is 0.364. The van der Waals surface area contributed by atoms with Crippen molar-refractivity contribution in [3.05, 3.63) is 36.1 Å². The third-order valence-electron chi connectivity index (χ3n) is 1.81. The van der Waals surface area contributed by atoms with Gasteiger partial charge in [-0.25, -0.2) is 0 Å². The third-order valence-corrected chi connectivity index (χ3v) is 1.81. The zero-order valence-corrected chi connectivity index (χ0v) is 8.49. The van der Waals surface area contributed by atoms with Crippen LogP contribution in [0.15, 0.2) is 36.1 Å². The smallest absolute Gasteiger partial charge is 0.303 e. The van der Waals surface area contributed by atoms with Gasteiger partial charge in [0.1, 0.15) is 0 Å². The Morgan fingerprint density at radius 2 is 2.07 bits per heavy atom. The lowest BCUT2D eigenvalue weighted by atomic mass is 10.1. The summed E-state index contributed by atoms with van der Waals surface area (Å²) in [5.41, 5.74) is 7.27. The van der Waals surface area contributed by atoms with Crippen LogP contribution in [-0.2, 0) is 4.79 Å². The molecule has 14 heavy (non-hydrogen) atoms. The zero-order valence-electron chi connectivity index (χ0n) is 8.49. The van der Waals surface area contributed by atoms with Crippen molar-refractivity contribution in [2.24, 2.45) is 5.73 Å². The van der Waals surface area contributed by atoms with Gasteiger partial charge in [0.15, 0.2) is 0 Å². The average molecular weight is 195 g/mol. The Morgan fingerprint density at radius 1 is 1.43 bits per heavy atom. The maximum atomic E-state index is 10.3. The van der Waals surface area contributed by atoms with Gasteiger partial charge in [-0.3, -0.25) is 4.79 Å². The Kier molecular flexibility index (Phi) is 6.20. The van der Waals surface area contributed by atoms with Crippen LogP contribution in [0.4, 0.5) is 0 Å². The number of carboxylic acid groups (broad SMARTS) is 1. The van der Waals surface area contributed by atoms with Crippen LogP contribution in [0, 0.1) is 0 Å². The molecule has 0 amide bonds. The number of nitrogens with two attached hydrogens (primary N) is 1. The first-order valence-corrected chi connectivity index (χ1v) is 4.59. The van der Waals surface area contributed by atoms with E-state index in [0.29, 0.717) is 6.42 Å². The number of rotatable bonds is 6. The quantitative estimate of drug-likeness (QED) is 0.639. The maximum absolute atomic E-state index is 10.3. The second kappa shape index (κ2) is 6.95. The van der Waals surface area contributed by atoms with E-state index < -0.39 is 5.97 Å². The van der Waals surface area contributed by atoms with Gasteiger partial charge in [-0.2, -0.15) is 0 Å². The molecule has 0 aromatic heterocycles. The number of hydrogen-bond acceptors (Lipinski definition) is 2. The van der Waals surface area contributed by atoms with Crippen molar-refractivity contribution in [3.63, 3.8) is 0 Å². The van der Waals surface area contributed by atoms with Gasteiger partial charge in [-0.1, -0.05) is 25.7 Å². The minimum atomic E-state index is -0.801. The van der Waals surface area contributed by atoms with Crippen LogP contribution >= 0.6 is 0 Å². The number of hydrogen-bond donors (Lipinski definition) is 2. The predicted molar refractivity (Wildman–Crippen MR) is 57.7 cm³/mol. The van der Waals surface area contributed by atoms with Gasteiger partial charge in [0.25, 0.3) is 0 Å². The van der Waals surface area contributed by atoms with Crippen molar-refractivity contribution in [2.45, 2.75) is 26.2 Å². The predicted octanol–water partition coefficient (Wildman–Crippen LogP) is 2.22. The third kappa shape index (κ3) is 6.06. The van der Waals surface area contributed by atoms with E-state index in [9.17, 15) is 4.79 Å². The van der Waals surface area contributed by atoms with Gasteiger partial charge in [-0.05, 0) is 24.5 Å². The molecule has 0 fully saturated rings. The first-order chi connectivity index (χ1) is 6.60. The monoisotopic (exact) mass is 195 g/mol. The largest absolute Gasteiger partial charge is 0.481 e. The summed E-state index contributed by atoms with van der Waals surface area (Å²) in [6, 6.07) is 0. The topological polar surface area (TPSA) is 63.3 Å². The highest BCUT2D eigenvalue weighted by Crippen LogP contribution is 2.07. The van der Waals surface area contributed by atoms with E-state index in [-0.39, 0.29) is 6.42 Å². The summed E-state index contributed by atoms with van der Waals surface area (Å²) >= 11 is 0. The fourth-order valence-corrected chi connectivity index (χ4v) is 0.837. The van der Waals surface area contributed by atoms with Gasteiger partial charge < -0.3 is 10.8 Å². The van der Waals surface area contributed by atoms with Gasteiger partial charge >= 0.3 is 5.97 Å². The molecule has 0 saturated carbocycles. The SMILES string of the molecule is C=C/C(=C\C=C(\N)CC)CCC(=O)O. The lowest BCUT2D eigenvalue weighted by Crippen LogP contribution is -1.95. The van der Waals surface area contributed by atoms with Crippen LogP contribution in [0.25, 0.3) is 0 Å². The van der Waals surface area contributed by atoms with E-state index in [1.165, 1.54) is 0 Å². The number of carboxylic acids is 1. The van der Waals surface area contributed by atoms with Gasteiger partial charge in [0.2, 0.25) is 0 Å². The van der Waals surface area contributed by atoms with Crippen LogP contribution in [0.3, 0.4) is 0 Å². The van der Waals surface area contributed by atoms with E-state index in [0.717, 1.165) is 17.7 Å². The first-order valence-electron chi connectivity index (χ1n) is 4.59. The lowest BCUT2D eigenvalue weighted by Gasteiger charge is -1.98. The summed E-state index contributed by atoms with van der Waals surface area (Å²) in [5.74, 6) is -0.801. The van der Waals surface area contributed by atoms with Crippen molar-refractivity contribution >= 4 is 5.97 Å². The Balaban J connectivity index is 4.25. The minimum absolute atomic E-state index is 0.123. The van der Waals surface area contributed by atoms with Crippen molar-refractivity contribution < 1.29 is 9.90 Å². The lowest BCUT2D eigenvalue weighted by molar-refractivity contribution is -0.136. The summed E-state index contributed by atoms with van der Waals surface area (Å²) in [6.45, 7) is 5.57. The molecule has 0 radical (unpaired) electrons. The van der Waals surface area contributed by atoms with Crippen LogP contribution in [-0.4, -0.2) is 11.1 Å². The minimum Gasteiger partial charge on any atom is -0.481 e. The van der Waals surface area contributed by atoms with E-state index in [2.05, 4.69) is 6.58 Å². The molecule has 0 aromatic rings. The maximum Gasteiger partial charge on any atom is 0.303 e. The molecular formula is C11H17NO2.